The normalized spacial score (nSPS) is 15.2. The van der Waals surface area contributed by atoms with Crippen molar-refractivity contribution in [1.29, 1.82) is 0 Å². The number of pyridine rings is 3. The first kappa shape index (κ1) is 19.2. The molecule has 4 heterocycles. The van der Waals surface area contributed by atoms with E-state index in [1.165, 1.54) is 5.56 Å². The van der Waals surface area contributed by atoms with Crippen LogP contribution in [0.3, 0.4) is 0 Å². The second-order valence-corrected chi connectivity index (χ2v) is 7.40. The highest BCUT2D eigenvalue weighted by atomic mass is 16.2. The first-order valence-electron chi connectivity index (χ1n) is 10.0. The Morgan fingerprint density at radius 1 is 0.897 bits per heavy atom. The number of carbonyl (C=O) groups excluding carboxylic acids is 1. The zero-order valence-electron chi connectivity index (χ0n) is 16.4. The summed E-state index contributed by atoms with van der Waals surface area (Å²) in [4.78, 5) is 30.1. The van der Waals surface area contributed by atoms with E-state index in [-0.39, 0.29) is 11.9 Å². The average Bonchev–Trinajstić information content (AvgIpc) is 2.80. The topological polar surface area (TPSA) is 62.2 Å². The van der Waals surface area contributed by atoms with E-state index in [4.69, 9.17) is 0 Å². The number of piperidine rings is 1. The van der Waals surface area contributed by atoms with E-state index >= 15 is 0 Å². The van der Waals surface area contributed by atoms with Crippen molar-refractivity contribution in [2.24, 2.45) is 0 Å². The molecule has 0 unspecified atom stereocenters. The zero-order chi connectivity index (χ0) is 19.9. The first-order chi connectivity index (χ1) is 14.3. The van der Waals surface area contributed by atoms with Crippen LogP contribution >= 0.6 is 0 Å². The van der Waals surface area contributed by atoms with Crippen molar-refractivity contribution < 1.29 is 4.79 Å². The summed E-state index contributed by atoms with van der Waals surface area (Å²) < 4.78 is 0. The summed E-state index contributed by atoms with van der Waals surface area (Å²) >= 11 is 0. The highest BCUT2D eigenvalue weighted by molar-refractivity contribution is 5.94. The Balaban J connectivity index is 1.46. The molecule has 3 aromatic rings. The standard InChI is InChI=1S/C23H25N5O/c29-23(21-4-2-10-26-16-21)28(18-20-3-1-9-25-15-20)22-7-13-27(14-8-22)17-19-5-11-24-12-6-19/h1-6,9-12,15-16,22H,7-8,13-14,17-18H2. The van der Waals surface area contributed by atoms with Crippen molar-refractivity contribution in [1.82, 2.24) is 24.8 Å². The van der Waals surface area contributed by atoms with Gasteiger partial charge >= 0.3 is 0 Å². The van der Waals surface area contributed by atoms with Gasteiger partial charge in [-0.05, 0) is 54.3 Å². The molecule has 1 aliphatic heterocycles. The molecule has 148 valence electrons. The summed E-state index contributed by atoms with van der Waals surface area (Å²) in [5.41, 5.74) is 2.96. The van der Waals surface area contributed by atoms with Gasteiger partial charge in [-0.25, -0.2) is 0 Å². The Hall–Kier alpha value is -3.12. The van der Waals surface area contributed by atoms with E-state index < -0.39 is 0 Å². The molecule has 1 aliphatic rings. The highest BCUT2D eigenvalue weighted by Gasteiger charge is 2.29. The minimum absolute atomic E-state index is 0.0366. The number of hydrogen-bond acceptors (Lipinski definition) is 5. The van der Waals surface area contributed by atoms with Gasteiger partial charge in [0.1, 0.15) is 0 Å². The van der Waals surface area contributed by atoms with Gasteiger partial charge in [-0.1, -0.05) is 6.07 Å². The maximum Gasteiger partial charge on any atom is 0.255 e. The molecule has 6 nitrogen and oxygen atoms in total. The Kier molecular flexibility index (Phi) is 6.22. The van der Waals surface area contributed by atoms with Crippen molar-refractivity contribution >= 4 is 5.91 Å². The molecule has 0 saturated carbocycles. The molecule has 4 rings (SSSR count). The Morgan fingerprint density at radius 2 is 1.62 bits per heavy atom. The van der Waals surface area contributed by atoms with Gasteiger partial charge in [0.25, 0.3) is 5.91 Å². The van der Waals surface area contributed by atoms with Crippen molar-refractivity contribution in [3.8, 4) is 0 Å². The van der Waals surface area contributed by atoms with Crippen LogP contribution in [0.5, 0.6) is 0 Å². The lowest BCUT2D eigenvalue weighted by molar-refractivity contribution is 0.0542. The number of carbonyl (C=O) groups is 1. The summed E-state index contributed by atoms with van der Waals surface area (Å²) in [7, 11) is 0. The molecule has 6 heteroatoms. The van der Waals surface area contributed by atoms with E-state index in [9.17, 15) is 4.79 Å². The molecule has 0 spiro atoms. The second kappa shape index (κ2) is 9.39. The third kappa shape index (κ3) is 5.03. The fourth-order valence-electron chi connectivity index (χ4n) is 3.85. The number of likely N-dealkylation sites (tertiary alicyclic amines) is 1. The predicted octanol–water partition coefficient (Wildman–Crippen LogP) is 3.18. The molecule has 1 amide bonds. The van der Waals surface area contributed by atoms with Crippen LogP contribution < -0.4 is 0 Å². The van der Waals surface area contributed by atoms with Gasteiger partial charge in [-0.3, -0.25) is 24.6 Å². The average molecular weight is 387 g/mol. The van der Waals surface area contributed by atoms with Gasteiger partial charge in [0.05, 0.1) is 5.56 Å². The summed E-state index contributed by atoms with van der Waals surface area (Å²) in [6, 6.07) is 11.9. The highest BCUT2D eigenvalue weighted by Crippen LogP contribution is 2.22. The molecule has 0 radical (unpaired) electrons. The van der Waals surface area contributed by atoms with Gasteiger partial charge in [-0.15, -0.1) is 0 Å². The van der Waals surface area contributed by atoms with E-state index in [0.29, 0.717) is 12.1 Å². The lowest BCUT2D eigenvalue weighted by Crippen LogP contribution is -2.46. The Bertz CT molecular complexity index is 896. The third-order valence-electron chi connectivity index (χ3n) is 5.40. The molecule has 0 aromatic carbocycles. The van der Waals surface area contributed by atoms with Gasteiger partial charge in [-0.2, -0.15) is 0 Å². The zero-order valence-corrected chi connectivity index (χ0v) is 16.4. The van der Waals surface area contributed by atoms with E-state index in [2.05, 4.69) is 32.0 Å². The number of rotatable bonds is 6. The minimum Gasteiger partial charge on any atom is -0.331 e. The van der Waals surface area contributed by atoms with Crippen molar-refractivity contribution in [3.05, 3.63) is 90.3 Å². The molecule has 3 aromatic heterocycles. The Morgan fingerprint density at radius 3 is 2.28 bits per heavy atom. The largest absolute Gasteiger partial charge is 0.331 e. The molecule has 0 atom stereocenters. The molecule has 0 N–H and O–H groups in total. The Labute approximate surface area is 171 Å². The number of nitrogens with zero attached hydrogens (tertiary/aromatic N) is 5. The van der Waals surface area contributed by atoms with Gasteiger partial charge < -0.3 is 4.90 Å². The molecule has 29 heavy (non-hydrogen) atoms. The van der Waals surface area contributed by atoms with Gasteiger partial charge in [0.15, 0.2) is 0 Å². The molecule has 0 aliphatic carbocycles. The SMILES string of the molecule is O=C(c1cccnc1)N(Cc1cccnc1)C1CCN(Cc2ccncc2)CC1. The molecule has 1 fully saturated rings. The van der Waals surface area contributed by atoms with E-state index in [0.717, 1.165) is 38.0 Å². The van der Waals surface area contributed by atoms with Crippen LogP contribution in [0.25, 0.3) is 0 Å². The van der Waals surface area contributed by atoms with E-state index in [1.807, 2.05) is 47.8 Å². The first-order valence-corrected chi connectivity index (χ1v) is 10.0. The minimum atomic E-state index is 0.0366. The third-order valence-corrected chi connectivity index (χ3v) is 5.40. The van der Waals surface area contributed by atoms with Crippen LogP contribution in [0, 0.1) is 0 Å². The predicted molar refractivity (Wildman–Crippen MR) is 111 cm³/mol. The fourth-order valence-corrected chi connectivity index (χ4v) is 3.85. The summed E-state index contributed by atoms with van der Waals surface area (Å²) in [6.45, 7) is 3.43. The smallest absolute Gasteiger partial charge is 0.255 e. The maximum atomic E-state index is 13.3. The molecular weight excluding hydrogens is 362 g/mol. The molecule has 1 saturated heterocycles. The summed E-state index contributed by atoms with van der Waals surface area (Å²) in [5.74, 6) is 0.0366. The quantitative estimate of drug-likeness (QED) is 0.650. The summed E-state index contributed by atoms with van der Waals surface area (Å²) in [6.07, 6.45) is 12.5. The number of hydrogen-bond donors (Lipinski definition) is 0. The second-order valence-electron chi connectivity index (χ2n) is 7.40. The van der Waals surface area contributed by atoms with Crippen LogP contribution in [0.1, 0.15) is 34.3 Å². The molecule has 0 bridgehead atoms. The lowest BCUT2D eigenvalue weighted by Gasteiger charge is -2.38. The molecular formula is C23H25N5O. The van der Waals surface area contributed by atoms with Crippen molar-refractivity contribution in [2.75, 3.05) is 13.1 Å². The lowest BCUT2D eigenvalue weighted by atomic mass is 10.0. The van der Waals surface area contributed by atoms with Crippen molar-refractivity contribution in [3.63, 3.8) is 0 Å². The maximum absolute atomic E-state index is 13.3. The van der Waals surface area contributed by atoms with Crippen LogP contribution in [-0.4, -0.2) is 49.8 Å². The summed E-state index contributed by atoms with van der Waals surface area (Å²) in [5, 5.41) is 0. The monoisotopic (exact) mass is 387 g/mol. The van der Waals surface area contributed by atoms with Crippen molar-refractivity contribution in [2.45, 2.75) is 32.0 Å². The van der Waals surface area contributed by atoms with Gasteiger partial charge in [0.2, 0.25) is 0 Å². The van der Waals surface area contributed by atoms with Gasteiger partial charge in [0, 0.05) is 69.4 Å². The van der Waals surface area contributed by atoms with Crippen LogP contribution in [0.15, 0.2) is 73.6 Å². The number of aromatic nitrogens is 3. The van der Waals surface area contributed by atoms with Crippen LogP contribution in [0.2, 0.25) is 0 Å². The van der Waals surface area contributed by atoms with Crippen LogP contribution in [-0.2, 0) is 13.1 Å². The fraction of sp³-hybridized carbons (Fsp3) is 0.304. The van der Waals surface area contributed by atoms with E-state index in [1.54, 1.807) is 18.6 Å². The number of amides is 1. The van der Waals surface area contributed by atoms with Crippen LogP contribution in [0.4, 0.5) is 0 Å².